The number of H-pyrrole nitrogens is 2. The quantitative estimate of drug-likeness (QED) is 0.588. The van der Waals surface area contributed by atoms with Gasteiger partial charge in [0.25, 0.3) is 0 Å². The van der Waals surface area contributed by atoms with E-state index in [0.717, 1.165) is 5.52 Å². The van der Waals surface area contributed by atoms with Crippen LogP contribution < -0.4 is 11.4 Å². The highest BCUT2D eigenvalue weighted by atomic mass is 16.1. The minimum atomic E-state index is -0.527. The highest BCUT2D eigenvalue weighted by molar-refractivity contribution is 5.77. The molecule has 0 unspecified atom stereocenters. The molecule has 0 bridgehead atoms. The van der Waals surface area contributed by atoms with E-state index in [1.807, 2.05) is 0 Å². The van der Waals surface area contributed by atoms with Gasteiger partial charge >= 0.3 is 5.69 Å². The van der Waals surface area contributed by atoms with E-state index in [-0.39, 0.29) is 5.82 Å². The van der Waals surface area contributed by atoms with Crippen LogP contribution in [0, 0.1) is 0 Å². The normalized spacial score (nSPS) is 11.4. The second kappa shape index (κ2) is 4.29. The summed E-state index contributed by atoms with van der Waals surface area (Å²) in [5, 5.41) is 18.2. The van der Waals surface area contributed by atoms with Gasteiger partial charge in [-0.05, 0) is 18.2 Å². The van der Waals surface area contributed by atoms with Gasteiger partial charge in [-0.1, -0.05) is 5.21 Å². The summed E-state index contributed by atoms with van der Waals surface area (Å²) in [5.41, 5.74) is 7.40. The molecule has 0 spiro atoms. The van der Waals surface area contributed by atoms with Crippen LogP contribution in [-0.4, -0.2) is 25.4 Å². The van der Waals surface area contributed by atoms with Crippen molar-refractivity contribution in [3.05, 3.63) is 34.9 Å². The summed E-state index contributed by atoms with van der Waals surface area (Å²) in [6, 6.07) is 5.26. The molecule has 0 aliphatic heterocycles. The summed E-state index contributed by atoms with van der Waals surface area (Å²) in [7, 11) is 0. The molecule has 2 heterocycles. The topological polar surface area (TPSA) is 138 Å². The molecule has 3 rings (SSSR count). The first kappa shape index (κ1) is 11.0. The molecule has 9 nitrogen and oxygen atoms in total. The zero-order valence-electron chi connectivity index (χ0n) is 9.53. The molecule has 0 saturated carbocycles. The molecule has 3 aromatic rings. The Hall–Kier alpha value is -3.10. The summed E-state index contributed by atoms with van der Waals surface area (Å²) in [6.07, 6.45) is 1.35. The zero-order valence-corrected chi connectivity index (χ0v) is 9.53. The van der Waals surface area contributed by atoms with E-state index in [2.05, 4.69) is 35.6 Å². The number of rotatable bonds is 2. The molecule has 0 amide bonds. The highest BCUT2D eigenvalue weighted by Gasteiger charge is 2.01. The lowest BCUT2D eigenvalue weighted by molar-refractivity contribution is 0.959. The van der Waals surface area contributed by atoms with Crippen molar-refractivity contribution in [3.63, 3.8) is 0 Å². The zero-order chi connectivity index (χ0) is 13.2. The third kappa shape index (κ3) is 2.16. The van der Waals surface area contributed by atoms with Crippen LogP contribution in [0.4, 0.5) is 17.2 Å². The Kier molecular flexibility index (Phi) is 2.49. The lowest BCUT2D eigenvalue weighted by Gasteiger charge is -1.95. The SMILES string of the molecule is Nc1nc(=O)[nH]cc1/N=N/c1ccc2[nH]nnc2c1. The van der Waals surface area contributed by atoms with Gasteiger partial charge in [-0.15, -0.1) is 10.2 Å². The van der Waals surface area contributed by atoms with Crippen LogP contribution in [0.3, 0.4) is 0 Å². The molecule has 0 atom stereocenters. The van der Waals surface area contributed by atoms with Gasteiger partial charge in [0.05, 0.1) is 11.2 Å². The fourth-order valence-electron chi connectivity index (χ4n) is 1.49. The Morgan fingerprint density at radius 1 is 1.26 bits per heavy atom. The Morgan fingerprint density at radius 2 is 2.16 bits per heavy atom. The minimum Gasteiger partial charge on any atom is -0.382 e. The van der Waals surface area contributed by atoms with E-state index >= 15 is 0 Å². The summed E-state index contributed by atoms with van der Waals surface area (Å²) in [4.78, 5) is 16.8. The molecule has 0 aliphatic carbocycles. The lowest BCUT2D eigenvalue weighted by atomic mass is 10.3. The van der Waals surface area contributed by atoms with Gasteiger partial charge in [-0.2, -0.15) is 10.1 Å². The van der Waals surface area contributed by atoms with Crippen LogP contribution in [0.5, 0.6) is 0 Å². The van der Waals surface area contributed by atoms with E-state index in [1.54, 1.807) is 18.2 Å². The number of fused-ring (bicyclic) bond motifs is 1. The van der Waals surface area contributed by atoms with Crippen LogP contribution in [0.1, 0.15) is 0 Å². The molecule has 2 aromatic heterocycles. The predicted molar refractivity (Wildman–Crippen MR) is 67.3 cm³/mol. The lowest BCUT2D eigenvalue weighted by Crippen LogP contribution is -2.11. The van der Waals surface area contributed by atoms with Gasteiger partial charge in [0.1, 0.15) is 11.2 Å². The molecule has 94 valence electrons. The Morgan fingerprint density at radius 3 is 3.00 bits per heavy atom. The summed E-state index contributed by atoms with van der Waals surface area (Å²) in [5.74, 6) is 0.0232. The Bertz CT molecular complexity index is 818. The van der Waals surface area contributed by atoms with Gasteiger partial charge in [0.2, 0.25) is 0 Å². The summed E-state index contributed by atoms with van der Waals surface area (Å²) in [6.45, 7) is 0. The number of nitrogens with zero attached hydrogens (tertiary/aromatic N) is 5. The third-order valence-electron chi connectivity index (χ3n) is 2.40. The fraction of sp³-hybridized carbons (Fsp3) is 0. The first-order valence-electron chi connectivity index (χ1n) is 5.30. The van der Waals surface area contributed by atoms with Crippen molar-refractivity contribution in [1.29, 1.82) is 0 Å². The van der Waals surface area contributed by atoms with E-state index in [0.29, 0.717) is 16.9 Å². The number of nitrogens with two attached hydrogens (primary N) is 1. The van der Waals surface area contributed by atoms with Gasteiger partial charge in [-0.3, -0.25) is 5.10 Å². The van der Waals surface area contributed by atoms with Gasteiger partial charge in [0, 0.05) is 6.20 Å². The summed E-state index contributed by atoms with van der Waals surface area (Å²) < 4.78 is 0. The molecular formula is C10H8N8O. The van der Waals surface area contributed by atoms with Crippen LogP contribution in [0.2, 0.25) is 0 Å². The van der Waals surface area contributed by atoms with Crippen molar-refractivity contribution in [3.8, 4) is 0 Å². The number of benzene rings is 1. The average Bonchev–Trinajstić information content (AvgIpc) is 2.85. The first-order valence-corrected chi connectivity index (χ1v) is 5.30. The van der Waals surface area contributed by atoms with Crippen molar-refractivity contribution in [2.24, 2.45) is 10.2 Å². The molecule has 19 heavy (non-hydrogen) atoms. The number of hydrogen-bond donors (Lipinski definition) is 3. The highest BCUT2D eigenvalue weighted by Crippen LogP contribution is 2.22. The van der Waals surface area contributed by atoms with Gasteiger partial charge in [-0.25, -0.2) is 4.79 Å². The minimum absolute atomic E-state index is 0.0232. The largest absolute Gasteiger partial charge is 0.382 e. The number of nitrogen functional groups attached to an aromatic ring is 1. The molecule has 1 aromatic carbocycles. The number of aromatic nitrogens is 5. The number of aromatic amines is 2. The fourth-order valence-corrected chi connectivity index (χ4v) is 1.49. The molecule has 0 saturated heterocycles. The second-order valence-corrected chi connectivity index (χ2v) is 3.69. The molecular weight excluding hydrogens is 248 g/mol. The molecule has 0 fully saturated rings. The van der Waals surface area contributed by atoms with Crippen molar-refractivity contribution in [2.75, 3.05) is 5.73 Å². The smallest absolute Gasteiger partial charge is 0.347 e. The van der Waals surface area contributed by atoms with Crippen LogP contribution >= 0.6 is 0 Å². The molecule has 0 aliphatic rings. The average molecular weight is 256 g/mol. The maximum atomic E-state index is 10.9. The molecule has 9 heteroatoms. The van der Waals surface area contributed by atoms with E-state index in [1.165, 1.54) is 6.20 Å². The van der Waals surface area contributed by atoms with Crippen molar-refractivity contribution < 1.29 is 0 Å². The second-order valence-electron chi connectivity index (χ2n) is 3.69. The van der Waals surface area contributed by atoms with Crippen LogP contribution in [-0.2, 0) is 0 Å². The van der Waals surface area contributed by atoms with E-state index in [9.17, 15) is 4.79 Å². The maximum absolute atomic E-state index is 10.9. The number of azo groups is 1. The number of anilines is 1. The molecule has 0 radical (unpaired) electrons. The van der Waals surface area contributed by atoms with Crippen LogP contribution in [0.25, 0.3) is 11.0 Å². The number of nitrogens with one attached hydrogen (secondary N) is 2. The van der Waals surface area contributed by atoms with Crippen molar-refractivity contribution in [2.45, 2.75) is 0 Å². The Labute approximate surface area is 105 Å². The van der Waals surface area contributed by atoms with Crippen molar-refractivity contribution in [1.82, 2.24) is 25.4 Å². The summed E-state index contributed by atoms with van der Waals surface area (Å²) >= 11 is 0. The van der Waals surface area contributed by atoms with Gasteiger partial charge < -0.3 is 10.7 Å². The Balaban J connectivity index is 1.94. The maximum Gasteiger partial charge on any atom is 0.347 e. The van der Waals surface area contributed by atoms with Crippen LogP contribution in [0.15, 0.2) is 39.4 Å². The monoisotopic (exact) mass is 256 g/mol. The third-order valence-corrected chi connectivity index (χ3v) is 2.40. The predicted octanol–water partition coefficient (Wildman–Crippen LogP) is 1.04. The standard InChI is InChI=1S/C10H8N8O/c11-9-8(4-12-10(19)13-9)15-14-5-1-2-6-7(3-5)17-18-16-6/h1-4H,(H,16,17,18)(H3,11,12,13,19)/b15-14+. The number of hydrogen-bond acceptors (Lipinski definition) is 7. The van der Waals surface area contributed by atoms with E-state index in [4.69, 9.17) is 5.73 Å². The van der Waals surface area contributed by atoms with Gasteiger partial charge in [0.15, 0.2) is 5.82 Å². The van der Waals surface area contributed by atoms with Crippen molar-refractivity contribution >= 4 is 28.2 Å². The first-order chi connectivity index (χ1) is 9.22. The molecule has 4 N–H and O–H groups in total. The van der Waals surface area contributed by atoms with E-state index < -0.39 is 5.69 Å².